The average molecular weight is 278 g/mol. The van der Waals surface area contributed by atoms with E-state index in [9.17, 15) is 14.0 Å². The van der Waals surface area contributed by atoms with E-state index in [1.807, 2.05) is 13.8 Å². The van der Waals surface area contributed by atoms with Gasteiger partial charge in [-0.25, -0.2) is 4.39 Å². The number of amides is 2. The Morgan fingerprint density at radius 3 is 2.80 bits per heavy atom. The van der Waals surface area contributed by atoms with Crippen molar-refractivity contribution in [3.63, 3.8) is 0 Å². The summed E-state index contributed by atoms with van der Waals surface area (Å²) < 4.78 is 13.2. The van der Waals surface area contributed by atoms with Gasteiger partial charge in [0.25, 0.3) is 0 Å². The normalized spacial score (nSPS) is 23.4. The molecule has 108 valence electrons. The number of hydrogen-bond donors (Lipinski definition) is 1. The van der Waals surface area contributed by atoms with E-state index in [1.165, 1.54) is 12.1 Å². The molecule has 1 aliphatic rings. The lowest BCUT2D eigenvalue weighted by molar-refractivity contribution is -0.135. The molecule has 1 aromatic rings. The first-order chi connectivity index (χ1) is 9.51. The summed E-state index contributed by atoms with van der Waals surface area (Å²) >= 11 is 0. The number of hydrogen-bond acceptors (Lipinski definition) is 2. The van der Waals surface area contributed by atoms with Crippen molar-refractivity contribution in [2.24, 2.45) is 0 Å². The number of rotatable bonds is 3. The van der Waals surface area contributed by atoms with Crippen molar-refractivity contribution in [3.8, 4) is 0 Å². The number of nitrogens with zero attached hydrogens (tertiary/aromatic N) is 1. The Bertz CT molecular complexity index is 518. The molecule has 1 aliphatic heterocycles. The minimum Gasteiger partial charge on any atom is -0.344 e. The van der Waals surface area contributed by atoms with E-state index in [0.717, 1.165) is 5.56 Å². The van der Waals surface area contributed by atoms with Crippen molar-refractivity contribution in [3.05, 3.63) is 35.6 Å². The third kappa shape index (κ3) is 3.15. The molecule has 4 nitrogen and oxygen atoms in total. The van der Waals surface area contributed by atoms with Gasteiger partial charge in [0, 0.05) is 19.0 Å². The van der Waals surface area contributed by atoms with Crippen LogP contribution in [-0.2, 0) is 16.1 Å². The van der Waals surface area contributed by atoms with Crippen LogP contribution in [0.3, 0.4) is 0 Å². The molecule has 5 heteroatoms. The molecular formula is C15H19FN2O2. The van der Waals surface area contributed by atoms with Crippen LogP contribution in [0.2, 0.25) is 0 Å². The second-order valence-electron chi connectivity index (χ2n) is 5.18. The first-order valence-corrected chi connectivity index (χ1v) is 6.85. The van der Waals surface area contributed by atoms with E-state index in [-0.39, 0.29) is 30.1 Å². The average Bonchev–Trinajstić information content (AvgIpc) is 2.50. The Morgan fingerprint density at radius 2 is 2.15 bits per heavy atom. The topological polar surface area (TPSA) is 49.4 Å². The van der Waals surface area contributed by atoms with Gasteiger partial charge >= 0.3 is 0 Å². The molecule has 20 heavy (non-hydrogen) atoms. The first kappa shape index (κ1) is 14.5. The molecule has 1 fully saturated rings. The summed E-state index contributed by atoms with van der Waals surface area (Å²) in [5, 5.41) is 2.73. The lowest BCUT2D eigenvalue weighted by Gasteiger charge is -2.28. The molecule has 1 saturated heterocycles. The van der Waals surface area contributed by atoms with E-state index >= 15 is 0 Å². The summed E-state index contributed by atoms with van der Waals surface area (Å²) in [6, 6.07) is 5.52. The van der Waals surface area contributed by atoms with Gasteiger partial charge in [0.05, 0.1) is 0 Å². The molecule has 1 aromatic carbocycles. The van der Waals surface area contributed by atoms with Crippen LogP contribution in [0.25, 0.3) is 0 Å². The van der Waals surface area contributed by atoms with Crippen molar-refractivity contribution in [2.75, 3.05) is 0 Å². The number of carbonyl (C=O) groups excluding carboxylic acids is 2. The van der Waals surface area contributed by atoms with Gasteiger partial charge in [-0.05, 0) is 31.0 Å². The fraction of sp³-hybridized carbons (Fsp3) is 0.467. The molecule has 0 aliphatic carbocycles. The maximum Gasteiger partial charge on any atom is 0.245 e. The van der Waals surface area contributed by atoms with Crippen LogP contribution >= 0.6 is 0 Å². The standard InChI is InChI=1S/C15H19FN2O2/c1-3-13-15(20)18(10(2)7-14(19)17-13)9-11-5-4-6-12(16)8-11/h4-6,8,10,13H,3,7,9H2,1-2H3,(H,17,19). The van der Waals surface area contributed by atoms with Gasteiger partial charge in [-0.3, -0.25) is 9.59 Å². The van der Waals surface area contributed by atoms with E-state index < -0.39 is 6.04 Å². The maximum absolute atomic E-state index is 13.2. The highest BCUT2D eigenvalue weighted by Crippen LogP contribution is 2.17. The number of carbonyl (C=O) groups is 2. The highest BCUT2D eigenvalue weighted by Gasteiger charge is 2.32. The van der Waals surface area contributed by atoms with Crippen molar-refractivity contribution < 1.29 is 14.0 Å². The highest BCUT2D eigenvalue weighted by atomic mass is 19.1. The van der Waals surface area contributed by atoms with E-state index in [2.05, 4.69) is 5.32 Å². The Morgan fingerprint density at radius 1 is 1.40 bits per heavy atom. The molecule has 2 rings (SSSR count). The fourth-order valence-corrected chi connectivity index (χ4v) is 2.45. The molecule has 0 bridgehead atoms. The minimum absolute atomic E-state index is 0.102. The number of nitrogens with one attached hydrogen (secondary N) is 1. The first-order valence-electron chi connectivity index (χ1n) is 6.85. The summed E-state index contributed by atoms with van der Waals surface area (Å²) in [5.74, 6) is -0.534. The fourth-order valence-electron chi connectivity index (χ4n) is 2.45. The van der Waals surface area contributed by atoms with Gasteiger partial charge in [-0.1, -0.05) is 19.1 Å². The molecule has 0 saturated carbocycles. The molecular weight excluding hydrogens is 259 g/mol. The highest BCUT2D eigenvalue weighted by molar-refractivity contribution is 5.90. The molecule has 1 N–H and O–H groups in total. The lowest BCUT2D eigenvalue weighted by atomic mass is 10.1. The minimum atomic E-state index is -0.485. The van der Waals surface area contributed by atoms with Crippen LogP contribution in [0.4, 0.5) is 4.39 Å². The molecule has 2 amide bonds. The summed E-state index contributed by atoms with van der Waals surface area (Å²) in [5.41, 5.74) is 0.731. The van der Waals surface area contributed by atoms with Crippen molar-refractivity contribution in [2.45, 2.75) is 45.3 Å². The Kier molecular flexibility index (Phi) is 4.37. The van der Waals surface area contributed by atoms with Crippen molar-refractivity contribution >= 4 is 11.8 Å². The van der Waals surface area contributed by atoms with Crippen molar-refractivity contribution in [1.29, 1.82) is 0 Å². The molecule has 2 unspecified atom stereocenters. The molecule has 0 spiro atoms. The Hall–Kier alpha value is -1.91. The monoisotopic (exact) mass is 278 g/mol. The predicted octanol–water partition coefficient (Wildman–Crippen LogP) is 1.84. The Balaban J connectivity index is 2.22. The molecule has 0 radical (unpaired) electrons. The van der Waals surface area contributed by atoms with Crippen LogP contribution in [-0.4, -0.2) is 28.8 Å². The molecule has 0 aromatic heterocycles. The number of benzene rings is 1. The zero-order valence-electron chi connectivity index (χ0n) is 11.7. The summed E-state index contributed by atoms with van der Waals surface area (Å²) in [6.07, 6.45) is 0.828. The van der Waals surface area contributed by atoms with Crippen LogP contribution in [0, 0.1) is 5.82 Å². The van der Waals surface area contributed by atoms with Gasteiger partial charge in [0.2, 0.25) is 11.8 Å². The van der Waals surface area contributed by atoms with Crippen molar-refractivity contribution in [1.82, 2.24) is 10.2 Å². The van der Waals surface area contributed by atoms with Gasteiger partial charge in [-0.2, -0.15) is 0 Å². The lowest BCUT2D eigenvalue weighted by Crippen LogP contribution is -2.45. The smallest absolute Gasteiger partial charge is 0.245 e. The number of halogens is 1. The second-order valence-corrected chi connectivity index (χ2v) is 5.18. The quantitative estimate of drug-likeness (QED) is 0.917. The Labute approximate surface area is 118 Å². The van der Waals surface area contributed by atoms with Gasteiger partial charge in [0.1, 0.15) is 11.9 Å². The third-order valence-electron chi connectivity index (χ3n) is 3.58. The van der Waals surface area contributed by atoms with Gasteiger partial charge < -0.3 is 10.2 Å². The molecule has 2 atom stereocenters. The zero-order valence-corrected chi connectivity index (χ0v) is 11.7. The van der Waals surface area contributed by atoms with Crippen LogP contribution in [0.1, 0.15) is 32.3 Å². The summed E-state index contributed by atoms with van der Waals surface area (Å²) in [4.78, 5) is 25.8. The summed E-state index contributed by atoms with van der Waals surface area (Å²) in [7, 11) is 0. The van der Waals surface area contributed by atoms with Crippen LogP contribution < -0.4 is 5.32 Å². The summed E-state index contributed by atoms with van der Waals surface area (Å²) in [6.45, 7) is 4.03. The van der Waals surface area contributed by atoms with Crippen LogP contribution in [0.15, 0.2) is 24.3 Å². The van der Waals surface area contributed by atoms with Gasteiger partial charge in [-0.15, -0.1) is 0 Å². The van der Waals surface area contributed by atoms with E-state index in [0.29, 0.717) is 13.0 Å². The molecule has 1 heterocycles. The largest absolute Gasteiger partial charge is 0.344 e. The van der Waals surface area contributed by atoms with Gasteiger partial charge in [0.15, 0.2) is 0 Å². The second kappa shape index (κ2) is 6.03. The zero-order chi connectivity index (χ0) is 14.7. The van der Waals surface area contributed by atoms with Crippen LogP contribution in [0.5, 0.6) is 0 Å². The SMILES string of the molecule is CCC1NC(=O)CC(C)N(Cc2cccc(F)c2)C1=O. The van der Waals surface area contributed by atoms with E-state index in [1.54, 1.807) is 17.0 Å². The third-order valence-corrected chi connectivity index (χ3v) is 3.58. The predicted molar refractivity (Wildman–Crippen MR) is 73.3 cm³/mol. The maximum atomic E-state index is 13.2. The van der Waals surface area contributed by atoms with E-state index in [4.69, 9.17) is 0 Å².